The molecule has 2 N–H and O–H groups in total. The quantitative estimate of drug-likeness (QED) is 0.464. The summed E-state index contributed by atoms with van der Waals surface area (Å²) in [4.78, 5) is 15.3. The number of para-hydroxylation sites is 1. The molecule has 0 aromatic heterocycles. The Morgan fingerprint density at radius 3 is 2.50 bits per heavy atom. The second-order valence-corrected chi connectivity index (χ2v) is 9.07. The lowest BCUT2D eigenvalue weighted by Crippen LogP contribution is -2.41. The molecule has 4 heteroatoms. The Morgan fingerprint density at radius 2 is 1.69 bits per heavy atom. The molecule has 1 aliphatic heterocycles. The van der Waals surface area contributed by atoms with Crippen LogP contribution in [0.5, 0.6) is 0 Å². The fraction of sp³-hybridized carbons (Fsp3) is 0.321. The van der Waals surface area contributed by atoms with Crippen LogP contribution in [0.2, 0.25) is 0 Å². The van der Waals surface area contributed by atoms with E-state index in [1.165, 1.54) is 36.8 Å². The summed E-state index contributed by atoms with van der Waals surface area (Å²) in [6.07, 6.45) is 6.15. The average molecular weight is 426 g/mol. The van der Waals surface area contributed by atoms with Crippen molar-refractivity contribution in [2.75, 3.05) is 22.1 Å². The Labute approximate surface area is 190 Å². The lowest BCUT2D eigenvalue weighted by atomic mass is 9.93. The van der Waals surface area contributed by atoms with Gasteiger partial charge in [-0.05, 0) is 73.1 Å². The minimum Gasteiger partial charge on any atom is -0.383 e. The van der Waals surface area contributed by atoms with Gasteiger partial charge in [-0.2, -0.15) is 0 Å². The van der Waals surface area contributed by atoms with Gasteiger partial charge in [-0.15, -0.1) is 0 Å². The van der Waals surface area contributed by atoms with Crippen LogP contribution in [0.15, 0.2) is 72.8 Å². The van der Waals surface area contributed by atoms with Crippen LogP contribution in [0.25, 0.3) is 11.1 Å². The van der Waals surface area contributed by atoms with Gasteiger partial charge >= 0.3 is 6.03 Å². The molecule has 0 bridgehead atoms. The molecule has 3 aromatic carbocycles. The highest BCUT2D eigenvalue weighted by molar-refractivity contribution is 6.05. The number of benzene rings is 3. The number of hydrogen-bond donors (Lipinski definition) is 2. The van der Waals surface area contributed by atoms with Crippen molar-refractivity contribution >= 4 is 23.1 Å². The lowest BCUT2D eigenvalue weighted by molar-refractivity contribution is 0.255. The molecule has 1 atom stereocenters. The van der Waals surface area contributed by atoms with Gasteiger partial charge in [0.25, 0.3) is 0 Å². The number of hydrogen-bond acceptors (Lipinski definition) is 2. The Hall–Kier alpha value is -3.27. The van der Waals surface area contributed by atoms with E-state index in [0.29, 0.717) is 5.92 Å². The number of nitrogens with one attached hydrogen (secondary N) is 2. The number of rotatable bonds is 3. The zero-order chi connectivity index (χ0) is 21.9. The number of nitrogens with zero attached hydrogens (tertiary/aromatic N) is 1. The highest BCUT2D eigenvalue weighted by Gasteiger charge is 2.27. The van der Waals surface area contributed by atoms with Crippen molar-refractivity contribution in [1.82, 2.24) is 0 Å². The summed E-state index contributed by atoms with van der Waals surface area (Å²) in [6, 6.07) is 25.1. The molecular weight excluding hydrogens is 394 g/mol. The van der Waals surface area contributed by atoms with Crippen LogP contribution in [0.3, 0.4) is 0 Å². The molecule has 0 unspecified atom stereocenters. The molecule has 2 aliphatic rings. The molecule has 1 fully saturated rings. The first-order valence-corrected chi connectivity index (χ1v) is 11.8. The maximum atomic E-state index is 13.4. The SMILES string of the molecule is C[C@@H]1CCNc2ccc(-c3cccc(C4CCCC4)c3)cc2N1C(=O)Nc1ccccc1. The first-order valence-electron chi connectivity index (χ1n) is 11.8. The molecule has 0 saturated heterocycles. The number of fused-ring (bicyclic) bond motifs is 1. The maximum absolute atomic E-state index is 13.4. The zero-order valence-electron chi connectivity index (χ0n) is 18.7. The average Bonchev–Trinajstić information content (AvgIpc) is 3.30. The van der Waals surface area contributed by atoms with Gasteiger partial charge in [0.2, 0.25) is 0 Å². The van der Waals surface area contributed by atoms with Gasteiger partial charge in [-0.3, -0.25) is 4.90 Å². The number of carbonyl (C=O) groups excluding carboxylic acids is 1. The van der Waals surface area contributed by atoms with E-state index in [-0.39, 0.29) is 12.1 Å². The van der Waals surface area contributed by atoms with Crippen molar-refractivity contribution in [3.05, 3.63) is 78.4 Å². The van der Waals surface area contributed by atoms with Crippen molar-refractivity contribution < 1.29 is 4.79 Å². The lowest BCUT2D eigenvalue weighted by Gasteiger charge is -2.29. The largest absolute Gasteiger partial charge is 0.383 e. The van der Waals surface area contributed by atoms with E-state index in [2.05, 4.69) is 60.0 Å². The second-order valence-electron chi connectivity index (χ2n) is 9.07. The number of anilines is 3. The molecule has 5 rings (SSSR count). The molecule has 3 aromatic rings. The normalized spacial score (nSPS) is 18.5. The van der Waals surface area contributed by atoms with Crippen LogP contribution in [-0.2, 0) is 0 Å². The van der Waals surface area contributed by atoms with Crippen molar-refractivity contribution in [2.45, 2.75) is 51.0 Å². The molecular formula is C28H31N3O. The summed E-state index contributed by atoms with van der Waals surface area (Å²) in [5.41, 5.74) is 6.57. The third-order valence-electron chi connectivity index (χ3n) is 6.87. The fourth-order valence-electron chi connectivity index (χ4n) is 5.09. The monoisotopic (exact) mass is 425 g/mol. The fourth-order valence-corrected chi connectivity index (χ4v) is 5.09. The Kier molecular flexibility index (Phi) is 5.85. The molecule has 1 saturated carbocycles. The summed E-state index contributed by atoms with van der Waals surface area (Å²) in [5.74, 6) is 0.686. The van der Waals surface area contributed by atoms with Crippen LogP contribution in [0.1, 0.15) is 50.5 Å². The molecule has 2 amide bonds. The van der Waals surface area contributed by atoms with Crippen LogP contribution in [-0.4, -0.2) is 18.6 Å². The first kappa shape index (κ1) is 20.6. The summed E-state index contributed by atoms with van der Waals surface area (Å²) in [7, 11) is 0. The van der Waals surface area contributed by atoms with Crippen LogP contribution in [0, 0.1) is 0 Å². The van der Waals surface area contributed by atoms with Gasteiger partial charge in [0.05, 0.1) is 11.4 Å². The predicted octanol–water partition coefficient (Wildman–Crippen LogP) is 7.25. The Morgan fingerprint density at radius 1 is 0.906 bits per heavy atom. The molecule has 0 spiro atoms. The molecule has 1 aliphatic carbocycles. The number of urea groups is 1. The van der Waals surface area contributed by atoms with Crippen molar-refractivity contribution in [3.8, 4) is 11.1 Å². The summed E-state index contributed by atoms with van der Waals surface area (Å²) in [5, 5.41) is 6.59. The van der Waals surface area contributed by atoms with Gasteiger partial charge in [-0.1, -0.05) is 61.4 Å². The molecule has 0 radical (unpaired) electrons. The third-order valence-corrected chi connectivity index (χ3v) is 6.87. The van der Waals surface area contributed by atoms with E-state index in [4.69, 9.17) is 0 Å². The summed E-state index contributed by atoms with van der Waals surface area (Å²) in [6.45, 7) is 2.97. The molecule has 32 heavy (non-hydrogen) atoms. The van der Waals surface area contributed by atoms with E-state index in [1.807, 2.05) is 35.2 Å². The highest BCUT2D eigenvalue weighted by Crippen LogP contribution is 2.38. The molecule has 164 valence electrons. The Bertz CT molecular complexity index is 1090. The van der Waals surface area contributed by atoms with Gasteiger partial charge in [0, 0.05) is 18.3 Å². The van der Waals surface area contributed by atoms with E-state index < -0.39 is 0 Å². The van der Waals surface area contributed by atoms with Gasteiger partial charge in [0.15, 0.2) is 0 Å². The van der Waals surface area contributed by atoms with Crippen LogP contribution < -0.4 is 15.5 Å². The van der Waals surface area contributed by atoms with E-state index in [9.17, 15) is 4.79 Å². The van der Waals surface area contributed by atoms with Crippen molar-refractivity contribution in [1.29, 1.82) is 0 Å². The second kappa shape index (κ2) is 9.07. The number of amides is 2. The minimum atomic E-state index is -0.0921. The third kappa shape index (κ3) is 4.22. The van der Waals surface area contributed by atoms with Gasteiger partial charge in [0.1, 0.15) is 0 Å². The molecule has 1 heterocycles. The topological polar surface area (TPSA) is 44.4 Å². The van der Waals surface area contributed by atoms with Crippen molar-refractivity contribution in [3.63, 3.8) is 0 Å². The van der Waals surface area contributed by atoms with Gasteiger partial charge in [-0.25, -0.2) is 4.79 Å². The van der Waals surface area contributed by atoms with E-state index >= 15 is 0 Å². The van der Waals surface area contributed by atoms with Gasteiger partial charge < -0.3 is 10.6 Å². The smallest absolute Gasteiger partial charge is 0.326 e. The summed E-state index contributed by atoms with van der Waals surface area (Å²) < 4.78 is 0. The zero-order valence-corrected chi connectivity index (χ0v) is 18.7. The predicted molar refractivity (Wildman–Crippen MR) is 134 cm³/mol. The highest BCUT2D eigenvalue weighted by atomic mass is 16.2. The number of carbonyl (C=O) groups is 1. The summed E-state index contributed by atoms with van der Waals surface area (Å²) >= 11 is 0. The van der Waals surface area contributed by atoms with Crippen LogP contribution in [0.4, 0.5) is 21.9 Å². The minimum absolute atomic E-state index is 0.0903. The van der Waals surface area contributed by atoms with Crippen molar-refractivity contribution in [2.24, 2.45) is 0 Å². The van der Waals surface area contributed by atoms with E-state index in [0.717, 1.165) is 35.6 Å². The first-order chi connectivity index (χ1) is 15.7. The Balaban J connectivity index is 1.49. The van der Waals surface area contributed by atoms with E-state index in [1.54, 1.807) is 0 Å². The maximum Gasteiger partial charge on any atom is 0.326 e. The standard InChI is InChI=1S/C28H31N3O/c1-20-16-17-29-26-15-14-24(23-11-7-10-22(18-23)21-8-5-6-9-21)19-27(26)31(20)28(32)30-25-12-3-2-4-13-25/h2-4,7,10-15,18-21,29H,5-6,8-9,16-17H2,1H3,(H,30,32)/t20-/m1/s1. The molecule has 4 nitrogen and oxygen atoms in total. The van der Waals surface area contributed by atoms with Crippen LogP contribution >= 0.6 is 0 Å².